The number of methoxy groups -OCH3 is 1. The van der Waals surface area contributed by atoms with Crippen molar-refractivity contribution in [2.45, 2.75) is 25.7 Å². The number of hydrogen-bond acceptors (Lipinski definition) is 4. The van der Waals surface area contributed by atoms with Gasteiger partial charge in [-0.2, -0.15) is 0 Å². The van der Waals surface area contributed by atoms with Crippen LogP contribution in [-0.2, 0) is 16.6 Å². The van der Waals surface area contributed by atoms with Crippen LogP contribution in [0, 0.1) is 0 Å². The van der Waals surface area contributed by atoms with Crippen molar-refractivity contribution in [3.63, 3.8) is 0 Å². The van der Waals surface area contributed by atoms with Crippen molar-refractivity contribution in [2.24, 2.45) is 4.99 Å². The first-order valence-electron chi connectivity index (χ1n) is 9.83. The largest absolute Gasteiger partial charge is 0.493 e. The summed E-state index contributed by atoms with van der Waals surface area (Å²) in [5.74, 6) is 3.23. The first kappa shape index (κ1) is 22.7. The van der Waals surface area contributed by atoms with Crippen molar-refractivity contribution in [3.05, 3.63) is 60.2 Å². The fourth-order valence-electron chi connectivity index (χ4n) is 2.65. The Kier molecular flexibility index (Phi) is 10.1. The van der Waals surface area contributed by atoms with Gasteiger partial charge in [-0.3, -0.25) is 4.21 Å². The van der Waals surface area contributed by atoms with Crippen molar-refractivity contribution >= 4 is 16.8 Å². The molecule has 2 aromatic rings. The number of guanidine groups is 1. The molecule has 158 valence electrons. The van der Waals surface area contributed by atoms with Crippen LogP contribution in [-0.4, -0.2) is 48.8 Å². The highest BCUT2D eigenvalue weighted by Gasteiger charge is 2.09. The molecule has 0 bridgehead atoms. The van der Waals surface area contributed by atoms with Crippen molar-refractivity contribution in [1.29, 1.82) is 0 Å². The maximum Gasteiger partial charge on any atom is 0.191 e. The number of nitrogens with one attached hydrogen (secondary N) is 2. The zero-order chi connectivity index (χ0) is 20.9. The van der Waals surface area contributed by atoms with Crippen molar-refractivity contribution in [2.75, 3.05) is 32.5 Å². The Balaban J connectivity index is 1.80. The molecule has 0 aliphatic carbocycles. The lowest BCUT2D eigenvalue weighted by Crippen LogP contribution is -2.39. The number of nitrogens with zero attached hydrogens (tertiary/aromatic N) is 1. The van der Waals surface area contributed by atoms with E-state index in [1.54, 1.807) is 7.11 Å². The van der Waals surface area contributed by atoms with Gasteiger partial charge in [0.15, 0.2) is 17.5 Å². The first-order valence-corrected chi connectivity index (χ1v) is 11.3. The summed E-state index contributed by atoms with van der Waals surface area (Å²) in [6.45, 7) is 5.81. The molecular formula is C22H31N3O3S. The van der Waals surface area contributed by atoms with Crippen LogP contribution in [0.5, 0.6) is 11.5 Å². The third kappa shape index (κ3) is 8.56. The predicted molar refractivity (Wildman–Crippen MR) is 120 cm³/mol. The lowest BCUT2D eigenvalue weighted by atomic mass is 10.2. The summed E-state index contributed by atoms with van der Waals surface area (Å²) in [5.41, 5.74) is 1.09. The van der Waals surface area contributed by atoms with E-state index in [9.17, 15) is 4.21 Å². The molecule has 29 heavy (non-hydrogen) atoms. The lowest BCUT2D eigenvalue weighted by molar-refractivity contribution is 0.219. The first-order chi connectivity index (χ1) is 14.1. The van der Waals surface area contributed by atoms with Gasteiger partial charge in [0.25, 0.3) is 0 Å². The van der Waals surface area contributed by atoms with Crippen molar-refractivity contribution in [3.8, 4) is 11.5 Å². The molecule has 0 spiro atoms. The summed E-state index contributed by atoms with van der Waals surface area (Å²) in [4.78, 5) is 4.58. The molecule has 2 N–H and O–H groups in total. The van der Waals surface area contributed by atoms with Gasteiger partial charge in [0.05, 0.1) is 13.7 Å². The van der Waals surface area contributed by atoms with Gasteiger partial charge in [0.1, 0.15) is 6.10 Å². The Morgan fingerprint density at radius 1 is 1.07 bits per heavy atom. The van der Waals surface area contributed by atoms with Gasteiger partial charge in [0, 0.05) is 35.4 Å². The van der Waals surface area contributed by atoms with E-state index in [1.165, 1.54) is 0 Å². The highest BCUT2D eigenvalue weighted by Crippen LogP contribution is 2.26. The van der Waals surface area contributed by atoms with Crippen LogP contribution >= 0.6 is 0 Å². The Labute approximate surface area is 176 Å². The second-order valence-electron chi connectivity index (χ2n) is 6.50. The molecule has 0 heterocycles. The Morgan fingerprint density at radius 2 is 1.76 bits per heavy atom. The zero-order valence-electron chi connectivity index (χ0n) is 17.4. The molecule has 0 aliphatic rings. The van der Waals surface area contributed by atoms with E-state index in [2.05, 4.69) is 15.6 Å². The molecule has 6 nitrogen and oxygen atoms in total. The number of aliphatic imine (C=N–C) groups is 1. The molecule has 0 amide bonds. The molecule has 2 aromatic carbocycles. The molecule has 2 rings (SSSR count). The van der Waals surface area contributed by atoms with Gasteiger partial charge in [0.2, 0.25) is 0 Å². The van der Waals surface area contributed by atoms with Gasteiger partial charge in [-0.1, -0.05) is 42.5 Å². The van der Waals surface area contributed by atoms with Crippen LogP contribution in [0.4, 0.5) is 0 Å². The number of ether oxygens (including phenoxy) is 2. The topological polar surface area (TPSA) is 72.0 Å². The molecule has 7 heteroatoms. The van der Waals surface area contributed by atoms with Crippen LogP contribution in [0.1, 0.15) is 19.4 Å². The lowest BCUT2D eigenvalue weighted by Gasteiger charge is -2.16. The summed E-state index contributed by atoms with van der Waals surface area (Å²) in [7, 11) is 0.707. The minimum atomic E-state index is -0.918. The average molecular weight is 418 g/mol. The van der Waals surface area contributed by atoms with Gasteiger partial charge >= 0.3 is 0 Å². The zero-order valence-corrected chi connectivity index (χ0v) is 18.2. The maximum atomic E-state index is 12.3. The third-order valence-corrected chi connectivity index (χ3v) is 5.36. The molecule has 0 aromatic heterocycles. The second kappa shape index (κ2) is 12.8. The molecule has 0 saturated carbocycles. The van der Waals surface area contributed by atoms with Crippen LogP contribution in [0.15, 0.2) is 59.6 Å². The van der Waals surface area contributed by atoms with E-state index in [-0.39, 0.29) is 6.10 Å². The monoisotopic (exact) mass is 417 g/mol. The standard InChI is InChI=1S/C22H31N3O3S/c1-4-23-22(24-14-15-29(26)17-19-10-6-5-7-11-19)25-16-18(2)28-21-13-9-8-12-20(21)27-3/h5-13,18H,4,14-17H2,1-3H3,(H2,23,24,25). The predicted octanol–water partition coefficient (Wildman–Crippen LogP) is 2.97. The highest BCUT2D eigenvalue weighted by atomic mass is 32.2. The number of benzene rings is 2. The fourth-order valence-corrected chi connectivity index (χ4v) is 3.69. The molecule has 0 fully saturated rings. The minimum Gasteiger partial charge on any atom is -0.493 e. The second-order valence-corrected chi connectivity index (χ2v) is 8.08. The van der Waals surface area contributed by atoms with Crippen LogP contribution < -0.4 is 20.1 Å². The average Bonchev–Trinajstić information content (AvgIpc) is 2.73. The summed E-state index contributed by atoms with van der Waals surface area (Å²) < 4.78 is 23.5. The van der Waals surface area contributed by atoms with Gasteiger partial charge < -0.3 is 20.1 Å². The maximum absolute atomic E-state index is 12.3. The minimum absolute atomic E-state index is 0.117. The fraction of sp³-hybridized carbons (Fsp3) is 0.409. The van der Waals surface area contributed by atoms with E-state index in [0.29, 0.717) is 42.1 Å². The molecule has 2 atom stereocenters. The Bertz CT molecular complexity index is 784. The Morgan fingerprint density at radius 3 is 2.45 bits per heavy atom. The molecule has 2 unspecified atom stereocenters. The normalized spacial score (nSPS) is 13.4. The third-order valence-electron chi connectivity index (χ3n) is 4.04. The van der Waals surface area contributed by atoms with Crippen LogP contribution in [0.2, 0.25) is 0 Å². The molecule has 0 saturated heterocycles. The van der Waals surface area contributed by atoms with Gasteiger partial charge in [-0.15, -0.1) is 0 Å². The van der Waals surface area contributed by atoms with Crippen molar-refractivity contribution < 1.29 is 13.7 Å². The Hall–Kier alpha value is -2.54. The van der Waals surface area contributed by atoms with Gasteiger partial charge in [-0.05, 0) is 31.5 Å². The molecular weight excluding hydrogens is 386 g/mol. The van der Waals surface area contributed by atoms with E-state index in [0.717, 1.165) is 12.1 Å². The van der Waals surface area contributed by atoms with Crippen LogP contribution in [0.25, 0.3) is 0 Å². The molecule has 0 radical (unpaired) electrons. The van der Waals surface area contributed by atoms with Crippen molar-refractivity contribution in [1.82, 2.24) is 10.6 Å². The summed E-state index contributed by atoms with van der Waals surface area (Å²) in [6.07, 6.45) is -0.117. The SMILES string of the molecule is CCNC(=NCC(C)Oc1ccccc1OC)NCCS(=O)Cc1ccccc1. The summed E-state index contributed by atoms with van der Waals surface area (Å²) >= 11 is 0. The smallest absolute Gasteiger partial charge is 0.191 e. The van der Waals surface area contributed by atoms with Gasteiger partial charge in [-0.25, -0.2) is 4.99 Å². The van der Waals surface area contributed by atoms with Crippen LogP contribution in [0.3, 0.4) is 0 Å². The van der Waals surface area contributed by atoms with E-state index in [4.69, 9.17) is 9.47 Å². The quantitative estimate of drug-likeness (QED) is 0.434. The molecule has 0 aliphatic heterocycles. The van der Waals surface area contributed by atoms with E-state index < -0.39 is 10.8 Å². The number of rotatable bonds is 11. The van der Waals surface area contributed by atoms with E-state index in [1.807, 2.05) is 68.4 Å². The van der Waals surface area contributed by atoms with E-state index >= 15 is 0 Å². The number of hydrogen-bond donors (Lipinski definition) is 2. The summed E-state index contributed by atoms with van der Waals surface area (Å²) in [5, 5.41) is 6.45. The number of para-hydroxylation sites is 2. The highest BCUT2D eigenvalue weighted by molar-refractivity contribution is 7.84. The summed E-state index contributed by atoms with van der Waals surface area (Å²) in [6, 6.07) is 17.5.